The normalized spacial score (nSPS) is 10.7. The van der Waals surface area contributed by atoms with Gasteiger partial charge in [0, 0.05) is 6.42 Å². The average Bonchev–Trinajstić information content (AvgIpc) is 2.84. The first-order chi connectivity index (χ1) is 8.13. The van der Waals surface area contributed by atoms with Gasteiger partial charge in [0.2, 0.25) is 0 Å². The predicted octanol–water partition coefficient (Wildman–Crippen LogP) is 3.71. The molecule has 0 aromatic carbocycles. The molecule has 2 aromatic heterocycles. The molecular formula is C11H10ClNO3S. The predicted molar refractivity (Wildman–Crippen MR) is 65.8 cm³/mol. The van der Waals surface area contributed by atoms with Crippen molar-refractivity contribution >= 4 is 28.9 Å². The van der Waals surface area contributed by atoms with E-state index in [9.17, 15) is 9.90 Å². The van der Waals surface area contributed by atoms with E-state index in [2.05, 4.69) is 5.16 Å². The van der Waals surface area contributed by atoms with Gasteiger partial charge in [-0.05, 0) is 18.6 Å². The molecule has 17 heavy (non-hydrogen) atoms. The molecule has 0 fully saturated rings. The molecule has 1 N–H and O–H groups in total. The maximum atomic E-state index is 11.2. The zero-order chi connectivity index (χ0) is 12.4. The summed E-state index contributed by atoms with van der Waals surface area (Å²) in [5.74, 6) is -0.603. The lowest BCUT2D eigenvalue weighted by Crippen LogP contribution is -2.00. The van der Waals surface area contributed by atoms with Gasteiger partial charge in [-0.25, -0.2) is 4.79 Å². The molecule has 2 rings (SSSR count). The van der Waals surface area contributed by atoms with Crippen molar-refractivity contribution < 1.29 is 14.4 Å². The van der Waals surface area contributed by atoms with Crippen LogP contribution in [0, 0.1) is 0 Å². The van der Waals surface area contributed by atoms with E-state index in [-0.39, 0.29) is 5.56 Å². The molecule has 0 atom stereocenters. The first-order valence-electron chi connectivity index (χ1n) is 5.11. The minimum absolute atomic E-state index is 0.144. The second kappa shape index (κ2) is 4.89. The number of aryl methyl sites for hydroxylation is 1. The standard InChI is InChI=1S/C11H10ClNO3S/c1-2-3-6-9(11(14)15)10(13-16-6)7-4-5-8(12)17-7/h4-5H,2-3H2,1H3,(H,14,15). The Labute approximate surface area is 107 Å². The van der Waals surface area contributed by atoms with Crippen molar-refractivity contribution in [3.8, 4) is 10.6 Å². The summed E-state index contributed by atoms with van der Waals surface area (Å²) in [7, 11) is 0. The second-order valence-electron chi connectivity index (χ2n) is 3.49. The van der Waals surface area contributed by atoms with Crippen LogP contribution in [0.15, 0.2) is 16.7 Å². The molecule has 2 aromatic rings. The smallest absolute Gasteiger partial charge is 0.341 e. The Bertz CT molecular complexity index is 547. The van der Waals surface area contributed by atoms with Crippen LogP contribution in [0.2, 0.25) is 4.34 Å². The Morgan fingerprint density at radius 2 is 2.35 bits per heavy atom. The van der Waals surface area contributed by atoms with Gasteiger partial charge < -0.3 is 9.63 Å². The summed E-state index contributed by atoms with van der Waals surface area (Å²) in [5, 5.41) is 13.0. The number of aromatic nitrogens is 1. The minimum Gasteiger partial charge on any atom is -0.477 e. The number of halogens is 1. The van der Waals surface area contributed by atoms with Gasteiger partial charge in [0.15, 0.2) is 5.76 Å². The highest BCUT2D eigenvalue weighted by Gasteiger charge is 2.23. The highest BCUT2D eigenvalue weighted by molar-refractivity contribution is 7.19. The molecule has 0 saturated heterocycles. The summed E-state index contributed by atoms with van der Waals surface area (Å²) in [4.78, 5) is 11.9. The molecule has 0 aliphatic carbocycles. The number of thiophene rings is 1. The van der Waals surface area contributed by atoms with Gasteiger partial charge in [-0.15, -0.1) is 11.3 Å². The summed E-state index contributed by atoms with van der Waals surface area (Å²) in [5.41, 5.74) is 0.503. The van der Waals surface area contributed by atoms with Gasteiger partial charge in [0.25, 0.3) is 0 Å². The molecule has 6 heteroatoms. The summed E-state index contributed by atoms with van der Waals surface area (Å²) in [6.45, 7) is 1.95. The van der Waals surface area contributed by atoms with Crippen LogP contribution in [0.5, 0.6) is 0 Å². The lowest BCUT2D eigenvalue weighted by Gasteiger charge is -1.95. The summed E-state index contributed by atoms with van der Waals surface area (Å²) in [6.07, 6.45) is 1.37. The first-order valence-corrected chi connectivity index (χ1v) is 6.30. The van der Waals surface area contributed by atoms with Gasteiger partial charge in [-0.1, -0.05) is 23.7 Å². The molecule has 0 amide bonds. The number of aromatic carboxylic acids is 1. The SMILES string of the molecule is CCCc1onc(-c2ccc(Cl)s2)c1C(=O)O. The van der Waals surface area contributed by atoms with E-state index in [1.807, 2.05) is 6.92 Å². The summed E-state index contributed by atoms with van der Waals surface area (Å²) >= 11 is 7.11. The molecule has 2 heterocycles. The third-order valence-corrected chi connectivity index (χ3v) is 3.50. The van der Waals surface area contributed by atoms with Crippen LogP contribution in [0.4, 0.5) is 0 Å². The molecular weight excluding hydrogens is 262 g/mol. The van der Waals surface area contributed by atoms with Crippen LogP contribution in [-0.4, -0.2) is 16.2 Å². The third-order valence-electron chi connectivity index (χ3n) is 2.26. The maximum absolute atomic E-state index is 11.2. The number of hydrogen-bond acceptors (Lipinski definition) is 4. The Morgan fingerprint density at radius 3 is 2.88 bits per heavy atom. The summed E-state index contributed by atoms with van der Waals surface area (Å²) in [6, 6.07) is 3.45. The summed E-state index contributed by atoms with van der Waals surface area (Å²) < 4.78 is 5.69. The van der Waals surface area contributed by atoms with Crippen LogP contribution in [0.1, 0.15) is 29.5 Å². The van der Waals surface area contributed by atoms with Crippen LogP contribution in [0.25, 0.3) is 10.6 Å². The van der Waals surface area contributed by atoms with E-state index in [0.29, 0.717) is 27.1 Å². The Morgan fingerprint density at radius 1 is 1.59 bits per heavy atom. The Hall–Kier alpha value is -1.33. The van der Waals surface area contributed by atoms with E-state index in [4.69, 9.17) is 16.1 Å². The van der Waals surface area contributed by atoms with Gasteiger partial charge in [-0.2, -0.15) is 0 Å². The monoisotopic (exact) mass is 271 g/mol. The van der Waals surface area contributed by atoms with E-state index >= 15 is 0 Å². The van der Waals surface area contributed by atoms with Gasteiger partial charge in [0.05, 0.1) is 9.21 Å². The van der Waals surface area contributed by atoms with Crippen molar-refractivity contribution in [2.24, 2.45) is 0 Å². The molecule has 0 unspecified atom stereocenters. The Kier molecular flexibility index (Phi) is 3.49. The third kappa shape index (κ3) is 2.35. The van der Waals surface area contributed by atoms with Crippen molar-refractivity contribution in [3.63, 3.8) is 0 Å². The molecule has 0 bridgehead atoms. The van der Waals surface area contributed by atoms with Gasteiger partial charge >= 0.3 is 5.97 Å². The zero-order valence-electron chi connectivity index (χ0n) is 9.07. The maximum Gasteiger partial charge on any atom is 0.341 e. The number of carboxylic acids is 1. The fourth-order valence-electron chi connectivity index (χ4n) is 1.55. The lowest BCUT2D eigenvalue weighted by molar-refractivity contribution is 0.0695. The van der Waals surface area contributed by atoms with Crippen LogP contribution >= 0.6 is 22.9 Å². The average molecular weight is 272 g/mol. The molecule has 4 nitrogen and oxygen atoms in total. The fourth-order valence-corrected chi connectivity index (χ4v) is 2.58. The topological polar surface area (TPSA) is 63.3 Å². The molecule has 0 saturated carbocycles. The zero-order valence-corrected chi connectivity index (χ0v) is 10.6. The van der Waals surface area contributed by atoms with Crippen molar-refractivity contribution in [2.75, 3.05) is 0 Å². The molecule has 0 spiro atoms. The number of hydrogen-bond donors (Lipinski definition) is 1. The van der Waals surface area contributed by atoms with E-state index < -0.39 is 5.97 Å². The molecule has 0 aliphatic rings. The lowest BCUT2D eigenvalue weighted by atomic mass is 10.1. The van der Waals surface area contributed by atoms with Crippen molar-refractivity contribution in [1.29, 1.82) is 0 Å². The fraction of sp³-hybridized carbons (Fsp3) is 0.273. The van der Waals surface area contributed by atoms with Crippen molar-refractivity contribution in [3.05, 3.63) is 27.8 Å². The van der Waals surface area contributed by atoms with Crippen molar-refractivity contribution in [2.45, 2.75) is 19.8 Å². The Balaban J connectivity index is 2.50. The number of nitrogens with zero attached hydrogens (tertiary/aromatic N) is 1. The minimum atomic E-state index is -1.02. The van der Waals surface area contributed by atoms with E-state index in [1.165, 1.54) is 11.3 Å². The highest BCUT2D eigenvalue weighted by Crippen LogP contribution is 2.33. The number of rotatable bonds is 4. The van der Waals surface area contributed by atoms with Gasteiger partial charge in [0.1, 0.15) is 11.3 Å². The molecule has 0 aliphatic heterocycles. The van der Waals surface area contributed by atoms with Crippen LogP contribution < -0.4 is 0 Å². The second-order valence-corrected chi connectivity index (χ2v) is 5.20. The highest BCUT2D eigenvalue weighted by atomic mass is 35.5. The van der Waals surface area contributed by atoms with Crippen molar-refractivity contribution in [1.82, 2.24) is 5.16 Å². The molecule has 0 radical (unpaired) electrons. The van der Waals surface area contributed by atoms with E-state index in [0.717, 1.165) is 6.42 Å². The first kappa shape index (κ1) is 12.1. The number of carbonyl (C=O) groups is 1. The van der Waals surface area contributed by atoms with E-state index in [1.54, 1.807) is 12.1 Å². The van der Waals surface area contributed by atoms with Crippen LogP contribution in [-0.2, 0) is 6.42 Å². The van der Waals surface area contributed by atoms with Gasteiger partial charge in [-0.3, -0.25) is 0 Å². The number of carboxylic acid groups (broad SMARTS) is 1. The quantitative estimate of drug-likeness (QED) is 0.921. The largest absolute Gasteiger partial charge is 0.477 e. The molecule has 90 valence electrons. The van der Waals surface area contributed by atoms with Crippen LogP contribution in [0.3, 0.4) is 0 Å².